The highest BCUT2D eigenvalue weighted by molar-refractivity contribution is 7.10. The minimum absolute atomic E-state index is 0.612. The van der Waals surface area contributed by atoms with Gasteiger partial charge in [-0.1, -0.05) is 30.4 Å². The van der Waals surface area contributed by atoms with Crippen LogP contribution in [0.5, 0.6) is 0 Å². The average molecular weight is 331 g/mol. The second kappa shape index (κ2) is 4.86. The molecule has 2 atom stereocenters. The normalized spacial score (nSPS) is 29.0. The van der Waals surface area contributed by atoms with Gasteiger partial charge in [0.2, 0.25) is 0 Å². The van der Waals surface area contributed by atoms with Gasteiger partial charge in [0.15, 0.2) is 0 Å². The molecule has 0 fully saturated rings. The third-order valence-corrected chi connectivity index (χ3v) is 7.59. The van der Waals surface area contributed by atoms with Crippen LogP contribution in [-0.4, -0.2) is 0 Å². The van der Waals surface area contributed by atoms with E-state index in [1.807, 2.05) is 0 Å². The van der Waals surface area contributed by atoms with Crippen molar-refractivity contribution in [3.63, 3.8) is 0 Å². The zero-order valence-corrected chi connectivity index (χ0v) is 14.6. The van der Waals surface area contributed by atoms with E-state index in [0.717, 1.165) is 0 Å². The lowest BCUT2D eigenvalue weighted by atomic mass is 9.71. The molecule has 2 heteroatoms. The molecule has 24 heavy (non-hydrogen) atoms. The number of allylic oxidation sites excluding steroid dienone is 5. The Labute approximate surface area is 146 Å². The minimum atomic E-state index is 0.612. The topological polar surface area (TPSA) is 12.0 Å². The average Bonchev–Trinajstić information content (AvgIpc) is 3.21. The highest BCUT2D eigenvalue weighted by atomic mass is 32.1. The molecule has 1 N–H and O–H groups in total. The van der Waals surface area contributed by atoms with E-state index in [-0.39, 0.29) is 0 Å². The van der Waals surface area contributed by atoms with Crippen LogP contribution >= 0.6 is 11.3 Å². The second-order valence-corrected chi connectivity index (χ2v) is 8.63. The summed E-state index contributed by atoms with van der Waals surface area (Å²) in [5, 5.41) is 5.42. The van der Waals surface area contributed by atoms with Crippen molar-refractivity contribution in [2.75, 3.05) is 0 Å². The van der Waals surface area contributed by atoms with E-state index < -0.39 is 0 Å². The first-order chi connectivity index (χ1) is 11.9. The summed E-state index contributed by atoms with van der Waals surface area (Å²) in [5.74, 6) is 1.29. The Balaban J connectivity index is 1.72. The molecule has 0 radical (unpaired) electrons. The van der Waals surface area contributed by atoms with Gasteiger partial charge < -0.3 is 5.32 Å². The van der Waals surface area contributed by atoms with E-state index in [1.54, 1.807) is 21.2 Å². The van der Waals surface area contributed by atoms with Crippen LogP contribution in [0.15, 0.2) is 41.7 Å². The summed E-state index contributed by atoms with van der Waals surface area (Å²) in [6.45, 7) is 0. The fourth-order valence-corrected chi connectivity index (χ4v) is 6.65. The van der Waals surface area contributed by atoms with Gasteiger partial charge in [0.05, 0.1) is 4.53 Å². The van der Waals surface area contributed by atoms with Gasteiger partial charge in [-0.25, -0.2) is 0 Å². The molecular formula is C22H21NS. The molecule has 0 saturated carbocycles. The summed E-state index contributed by atoms with van der Waals surface area (Å²) in [6, 6.07) is 0. The Morgan fingerprint density at radius 3 is 2.83 bits per heavy atom. The van der Waals surface area contributed by atoms with E-state index in [1.165, 1.54) is 60.0 Å². The summed E-state index contributed by atoms with van der Waals surface area (Å²) >= 11 is 2.06. The van der Waals surface area contributed by atoms with Gasteiger partial charge in [0.1, 0.15) is 0 Å². The van der Waals surface area contributed by atoms with Crippen LogP contribution in [0.3, 0.4) is 0 Å². The Morgan fingerprint density at radius 1 is 0.958 bits per heavy atom. The maximum absolute atomic E-state index is 3.85. The number of hydrogen-bond donors (Lipinski definition) is 1. The van der Waals surface area contributed by atoms with Gasteiger partial charge in [-0.2, -0.15) is 0 Å². The molecule has 0 aromatic carbocycles. The maximum Gasteiger partial charge on any atom is 0.0554 e. The molecule has 0 spiro atoms. The lowest BCUT2D eigenvalue weighted by molar-refractivity contribution is 0.502. The van der Waals surface area contributed by atoms with E-state index in [2.05, 4.69) is 53.1 Å². The second-order valence-electron chi connectivity index (χ2n) is 7.52. The number of nitrogens with one attached hydrogen (secondary N) is 1. The van der Waals surface area contributed by atoms with E-state index >= 15 is 0 Å². The van der Waals surface area contributed by atoms with Crippen LogP contribution in [0, 0.1) is 11.8 Å². The van der Waals surface area contributed by atoms with E-state index in [9.17, 15) is 0 Å². The first kappa shape index (κ1) is 13.5. The van der Waals surface area contributed by atoms with Crippen LogP contribution in [0.1, 0.15) is 42.5 Å². The van der Waals surface area contributed by atoms with Crippen molar-refractivity contribution in [1.29, 1.82) is 0 Å². The SMILES string of the molecule is C1=CC2=C(CC1)C1C(=c3sc4c(c3=C3C=CCCC31)C=CCC4)N2. The number of rotatable bonds is 0. The van der Waals surface area contributed by atoms with E-state index in [4.69, 9.17) is 0 Å². The Kier molecular flexibility index (Phi) is 2.73. The molecule has 0 amide bonds. The van der Waals surface area contributed by atoms with Crippen molar-refractivity contribution in [2.45, 2.75) is 38.5 Å². The van der Waals surface area contributed by atoms with Crippen molar-refractivity contribution in [2.24, 2.45) is 11.8 Å². The quantitative estimate of drug-likeness (QED) is 0.763. The zero-order valence-electron chi connectivity index (χ0n) is 13.8. The summed E-state index contributed by atoms with van der Waals surface area (Å²) in [6.07, 6.45) is 21.7. The molecule has 5 aliphatic rings. The molecule has 1 aliphatic heterocycles. The van der Waals surface area contributed by atoms with Crippen LogP contribution in [0.25, 0.3) is 17.3 Å². The molecular weight excluding hydrogens is 310 g/mol. The predicted octanol–water partition coefficient (Wildman–Crippen LogP) is 3.77. The molecule has 120 valence electrons. The third kappa shape index (κ3) is 1.65. The van der Waals surface area contributed by atoms with Gasteiger partial charge in [0, 0.05) is 27.4 Å². The van der Waals surface area contributed by atoms with Crippen LogP contribution in [-0.2, 0) is 6.42 Å². The Morgan fingerprint density at radius 2 is 1.83 bits per heavy atom. The van der Waals surface area contributed by atoms with Crippen molar-refractivity contribution >= 4 is 28.7 Å². The van der Waals surface area contributed by atoms with Crippen LogP contribution in [0.2, 0.25) is 0 Å². The largest absolute Gasteiger partial charge is 0.357 e. The summed E-state index contributed by atoms with van der Waals surface area (Å²) < 4.78 is 1.54. The van der Waals surface area contributed by atoms with Gasteiger partial charge in [-0.15, -0.1) is 11.3 Å². The van der Waals surface area contributed by atoms with Crippen molar-refractivity contribution in [1.82, 2.24) is 5.32 Å². The van der Waals surface area contributed by atoms with Gasteiger partial charge >= 0.3 is 0 Å². The smallest absolute Gasteiger partial charge is 0.0554 e. The first-order valence-corrected chi connectivity index (χ1v) is 10.1. The molecule has 4 aliphatic carbocycles. The van der Waals surface area contributed by atoms with Gasteiger partial charge in [0.25, 0.3) is 0 Å². The number of fused-ring (bicyclic) bond motifs is 7. The Hall–Kier alpha value is -1.80. The summed E-state index contributed by atoms with van der Waals surface area (Å²) in [5.41, 5.74) is 7.77. The number of thiophene rings is 1. The van der Waals surface area contributed by atoms with Crippen LogP contribution < -0.4 is 15.1 Å². The lowest BCUT2D eigenvalue weighted by Gasteiger charge is -2.32. The predicted molar refractivity (Wildman–Crippen MR) is 102 cm³/mol. The summed E-state index contributed by atoms with van der Waals surface area (Å²) in [4.78, 5) is 1.60. The fraction of sp³-hybridized carbons (Fsp3) is 0.364. The fourth-order valence-electron chi connectivity index (χ4n) is 5.29. The third-order valence-electron chi connectivity index (χ3n) is 6.29. The molecule has 1 nitrogen and oxygen atoms in total. The molecule has 0 bridgehead atoms. The number of hydrogen-bond acceptors (Lipinski definition) is 2. The van der Waals surface area contributed by atoms with Crippen molar-refractivity contribution in [3.05, 3.63) is 61.8 Å². The Bertz CT molecular complexity index is 995. The molecule has 1 aromatic heterocycles. The number of aryl methyl sites for hydroxylation is 1. The molecule has 0 saturated heterocycles. The van der Waals surface area contributed by atoms with Gasteiger partial charge in [-0.3, -0.25) is 0 Å². The van der Waals surface area contributed by atoms with Gasteiger partial charge in [-0.05, 0) is 67.2 Å². The zero-order chi connectivity index (χ0) is 15.7. The highest BCUT2D eigenvalue weighted by Gasteiger charge is 2.41. The first-order valence-electron chi connectivity index (χ1n) is 9.31. The van der Waals surface area contributed by atoms with Crippen molar-refractivity contribution in [3.8, 4) is 0 Å². The molecule has 6 rings (SSSR count). The maximum atomic E-state index is 3.85. The highest BCUT2D eigenvalue weighted by Crippen LogP contribution is 2.47. The minimum Gasteiger partial charge on any atom is -0.357 e. The van der Waals surface area contributed by atoms with Crippen LogP contribution in [0.4, 0.5) is 0 Å². The molecule has 2 heterocycles. The monoisotopic (exact) mass is 331 g/mol. The lowest BCUT2D eigenvalue weighted by Crippen LogP contribution is -2.40. The standard InChI is InChI=1S/C22H21NS/c1-2-8-14-13(7-1)19-15-9-3-5-11-17(15)23-21(19)22-20(14)16-10-4-6-12-18(16)24-22/h2,4-5,8,10-11,13,19,23H,1,3,6-7,9,12H2. The molecule has 2 unspecified atom stereocenters. The van der Waals surface area contributed by atoms with E-state index in [0.29, 0.717) is 11.8 Å². The summed E-state index contributed by atoms with van der Waals surface area (Å²) in [7, 11) is 0. The molecule has 1 aromatic rings. The van der Waals surface area contributed by atoms with Crippen molar-refractivity contribution < 1.29 is 0 Å².